The van der Waals surface area contributed by atoms with Gasteiger partial charge in [-0.05, 0) is 60.7 Å². The van der Waals surface area contributed by atoms with Crippen molar-refractivity contribution in [3.63, 3.8) is 0 Å². The van der Waals surface area contributed by atoms with Crippen molar-refractivity contribution in [2.75, 3.05) is 0 Å². The predicted molar refractivity (Wildman–Crippen MR) is 140 cm³/mol. The number of halogens is 4. The molecular weight excluding hydrogens is 731 g/mol. The van der Waals surface area contributed by atoms with Crippen molar-refractivity contribution in [1.82, 2.24) is 15.0 Å². The van der Waals surface area contributed by atoms with E-state index in [1.807, 2.05) is 0 Å². The second-order valence-corrected chi connectivity index (χ2v) is 7.80. The second kappa shape index (κ2) is 16.1. The Morgan fingerprint density at radius 3 is 1.21 bits per heavy atom. The molecular formula is C30H17F4IrN5O2. The number of aromatic nitrogens is 3. The maximum absolute atomic E-state index is 13.3. The van der Waals surface area contributed by atoms with Gasteiger partial charge in [0.15, 0.2) is 0 Å². The molecule has 0 aliphatic heterocycles. The fourth-order valence-corrected chi connectivity index (χ4v) is 3.21. The topological polar surface area (TPSA) is 124 Å². The standard InChI is InChI=1S/2C12H6F2N2.C6H5NO2.Ir/c2*13-10-5-8(6-11(14)9(10)7-15)12-3-1-2-4-16-12;8-6(9)5-3-1-2-4-7-5;/h2*1-6H;1-4H,(H,8,9);. The second-order valence-electron chi connectivity index (χ2n) is 7.80. The molecule has 5 rings (SSSR count). The van der Waals surface area contributed by atoms with Gasteiger partial charge in [-0.15, -0.1) is 0 Å². The van der Waals surface area contributed by atoms with E-state index >= 15 is 0 Å². The van der Waals surface area contributed by atoms with Crippen LogP contribution in [0.2, 0.25) is 0 Å². The van der Waals surface area contributed by atoms with Crippen LogP contribution in [0.25, 0.3) is 22.5 Å². The number of hydrogen-bond acceptors (Lipinski definition) is 6. The Hall–Kier alpha value is -5.29. The predicted octanol–water partition coefficient (Wildman–Crippen LogP) is 6.57. The zero-order chi connectivity index (χ0) is 29.8. The summed E-state index contributed by atoms with van der Waals surface area (Å²) in [5.74, 6) is -4.48. The SMILES string of the molecule is N#Cc1c(F)cc(-c2ccccn2)cc1F.N#Cc1c(F)cc(-c2ccccn2)cc1F.O=C(O)c1ccccn1.[Ir]. The normalized spacial score (nSPS) is 9.38. The first-order valence-corrected chi connectivity index (χ1v) is 11.5. The molecule has 12 heteroatoms. The van der Waals surface area contributed by atoms with Gasteiger partial charge in [-0.25, -0.2) is 27.3 Å². The minimum absolute atomic E-state index is 0. The first kappa shape index (κ1) is 32.9. The molecule has 0 atom stereocenters. The molecule has 2 aromatic carbocycles. The van der Waals surface area contributed by atoms with Gasteiger partial charge >= 0.3 is 5.97 Å². The van der Waals surface area contributed by atoms with E-state index in [1.165, 1.54) is 36.8 Å². The molecule has 0 saturated heterocycles. The van der Waals surface area contributed by atoms with E-state index in [4.69, 9.17) is 15.6 Å². The monoisotopic (exact) mass is 748 g/mol. The van der Waals surface area contributed by atoms with Crippen molar-refractivity contribution < 1.29 is 47.6 Å². The molecule has 3 heterocycles. The van der Waals surface area contributed by atoms with E-state index in [-0.39, 0.29) is 25.8 Å². The Kier molecular flexibility index (Phi) is 12.6. The van der Waals surface area contributed by atoms with Gasteiger partial charge in [0.1, 0.15) is 52.2 Å². The fourth-order valence-electron chi connectivity index (χ4n) is 3.21. The van der Waals surface area contributed by atoms with Crippen LogP contribution in [0.15, 0.2) is 97.5 Å². The number of carbonyl (C=O) groups is 1. The average molecular weight is 748 g/mol. The zero-order valence-corrected chi connectivity index (χ0v) is 23.6. The summed E-state index contributed by atoms with van der Waals surface area (Å²) < 4.78 is 53.2. The molecule has 3 aromatic heterocycles. The number of nitrogens with zero attached hydrogens (tertiary/aromatic N) is 5. The van der Waals surface area contributed by atoms with Gasteiger partial charge in [-0.2, -0.15) is 10.5 Å². The molecule has 0 fully saturated rings. The summed E-state index contributed by atoms with van der Waals surface area (Å²) >= 11 is 0. The molecule has 0 bridgehead atoms. The van der Waals surface area contributed by atoms with Crippen LogP contribution < -0.4 is 0 Å². The molecule has 0 saturated carbocycles. The van der Waals surface area contributed by atoms with E-state index in [9.17, 15) is 22.4 Å². The van der Waals surface area contributed by atoms with Crippen molar-refractivity contribution in [2.45, 2.75) is 0 Å². The summed E-state index contributed by atoms with van der Waals surface area (Å²) in [7, 11) is 0. The van der Waals surface area contributed by atoms with Crippen LogP contribution in [0.1, 0.15) is 21.6 Å². The Bertz CT molecular complexity index is 1580. The maximum atomic E-state index is 13.3. The minimum atomic E-state index is -0.990. The summed E-state index contributed by atoms with van der Waals surface area (Å²) in [5, 5.41) is 25.4. The number of pyridine rings is 3. The third-order valence-corrected chi connectivity index (χ3v) is 5.11. The summed E-state index contributed by atoms with van der Waals surface area (Å²) in [6.45, 7) is 0. The first-order valence-electron chi connectivity index (χ1n) is 11.5. The van der Waals surface area contributed by atoms with Gasteiger partial charge in [0.2, 0.25) is 0 Å². The number of carboxylic acids is 1. The van der Waals surface area contributed by atoms with Crippen LogP contribution in [0.5, 0.6) is 0 Å². The van der Waals surface area contributed by atoms with E-state index < -0.39 is 40.4 Å². The van der Waals surface area contributed by atoms with Gasteiger partial charge in [0, 0.05) is 49.8 Å². The molecule has 211 valence electrons. The summed E-state index contributed by atoms with van der Waals surface area (Å²) in [5.41, 5.74) is 0.496. The molecule has 42 heavy (non-hydrogen) atoms. The number of aromatic carboxylic acids is 1. The van der Waals surface area contributed by atoms with Gasteiger partial charge < -0.3 is 5.11 Å². The van der Waals surface area contributed by atoms with Gasteiger partial charge in [-0.3, -0.25) is 9.97 Å². The van der Waals surface area contributed by atoms with Crippen LogP contribution in [-0.2, 0) is 20.1 Å². The molecule has 1 radical (unpaired) electrons. The quantitative estimate of drug-likeness (QED) is 0.207. The number of nitriles is 2. The Morgan fingerprint density at radius 2 is 0.976 bits per heavy atom. The van der Waals surface area contributed by atoms with Gasteiger partial charge in [0.25, 0.3) is 0 Å². The molecule has 0 amide bonds. The Morgan fingerprint density at radius 1 is 0.619 bits per heavy atom. The van der Waals surface area contributed by atoms with Crippen molar-refractivity contribution in [3.05, 3.63) is 138 Å². The van der Waals surface area contributed by atoms with E-state index in [0.717, 1.165) is 24.3 Å². The van der Waals surface area contributed by atoms with Gasteiger partial charge in [-0.1, -0.05) is 18.2 Å². The van der Waals surface area contributed by atoms with E-state index in [2.05, 4.69) is 15.0 Å². The van der Waals surface area contributed by atoms with Crippen LogP contribution in [-0.4, -0.2) is 26.0 Å². The Balaban J connectivity index is 0.000000227. The first-order chi connectivity index (χ1) is 19.7. The minimum Gasteiger partial charge on any atom is -0.477 e. The number of hydrogen-bond donors (Lipinski definition) is 1. The molecule has 0 aliphatic rings. The Labute approximate surface area is 250 Å². The molecule has 0 aliphatic carbocycles. The van der Waals surface area contributed by atoms with Crippen molar-refractivity contribution in [3.8, 4) is 34.7 Å². The van der Waals surface area contributed by atoms with Crippen molar-refractivity contribution in [2.24, 2.45) is 0 Å². The van der Waals surface area contributed by atoms with Crippen LogP contribution in [0.3, 0.4) is 0 Å². The van der Waals surface area contributed by atoms with Crippen molar-refractivity contribution >= 4 is 5.97 Å². The zero-order valence-electron chi connectivity index (χ0n) is 21.2. The molecule has 7 nitrogen and oxygen atoms in total. The van der Waals surface area contributed by atoms with E-state index in [0.29, 0.717) is 22.5 Å². The van der Waals surface area contributed by atoms with E-state index in [1.54, 1.807) is 48.5 Å². The number of benzene rings is 2. The number of rotatable bonds is 3. The van der Waals surface area contributed by atoms with Crippen LogP contribution in [0.4, 0.5) is 17.6 Å². The summed E-state index contributed by atoms with van der Waals surface area (Å²) in [6, 6.07) is 22.2. The molecule has 0 spiro atoms. The average Bonchev–Trinajstić information content (AvgIpc) is 2.99. The van der Waals surface area contributed by atoms with Crippen LogP contribution in [0, 0.1) is 45.9 Å². The van der Waals surface area contributed by atoms with Crippen molar-refractivity contribution in [1.29, 1.82) is 10.5 Å². The molecule has 0 unspecified atom stereocenters. The van der Waals surface area contributed by atoms with Gasteiger partial charge in [0.05, 0.1) is 11.4 Å². The third kappa shape index (κ3) is 8.86. The largest absolute Gasteiger partial charge is 0.477 e. The third-order valence-electron chi connectivity index (χ3n) is 5.11. The number of carboxylic acid groups (broad SMARTS) is 1. The smallest absolute Gasteiger partial charge is 0.354 e. The fraction of sp³-hybridized carbons (Fsp3) is 0. The molecule has 5 aromatic rings. The summed E-state index contributed by atoms with van der Waals surface area (Å²) in [6.07, 6.45) is 4.51. The maximum Gasteiger partial charge on any atom is 0.354 e. The molecule has 1 N–H and O–H groups in total. The van der Waals surface area contributed by atoms with Crippen LogP contribution >= 0.6 is 0 Å². The summed E-state index contributed by atoms with van der Waals surface area (Å²) in [4.78, 5) is 21.7.